The molecule has 94 valence electrons. The summed E-state index contributed by atoms with van der Waals surface area (Å²) >= 11 is 0. The van der Waals surface area contributed by atoms with Gasteiger partial charge in [-0.2, -0.15) is 0 Å². The van der Waals surface area contributed by atoms with Crippen molar-refractivity contribution in [2.24, 2.45) is 5.41 Å². The largest absolute Gasteiger partial charge is 0.358 e. The third kappa shape index (κ3) is 2.21. The van der Waals surface area contributed by atoms with Crippen LogP contribution in [-0.4, -0.2) is 11.1 Å². The number of carbonyl (C=O) groups excluding carboxylic acids is 1. The second-order valence-corrected chi connectivity index (χ2v) is 6.25. The predicted octanol–water partition coefficient (Wildman–Crippen LogP) is 3.02. The summed E-state index contributed by atoms with van der Waals surface area (Å²) in [4.78, 5) is 11.9. The predicted molar refractivity (Wildman–Crippen MR) is 65.9 cm³/mol. The SMILES string of the molecule is Cc1c(NC(=O)C2(C)CC2)noc1C(C)(C)C. The minimum atomic E-state index is -0.187. The van der Waals surface area contributed by atoms with Crippen LogP contribution in [0.2, 0.25) is 0 Å². The monoisotopic (exact) mass is 236 g/mol. The molecule has 17 heavy (non-hydrogen) atoms. The van der Waals surface area contributed by atoms with E-state index in [0.717, 1.165) is 24.2 Å². The first kappa shape index (κ1) is 12.1. The molecule has 1 saturated carbocycles. The summed E-state index contributed by atoms with van der Waals surface area (Å²) in [6.07, 6.45) is 1.92. The Morgan fingerprint density at radius 2 is 2.00 bits per heavy atom. The molecule has 1 aromatic rings. The number of rotatable bonds is 2. The molecular weight excluding hydrogens is 216 g/mol. The maximum atomic E-state index is 11.9. The van der Waals surface area contributed by atoms with E-state index in [1.807, 2.05) is 13.8 Å². The van der Waals surface area contributed by atoms with E-state index in [9.17, 15) is 4.79 Å². The van der Waals surface area contributed by atoms with E-state index in [-0.39, 0.29) is 16.7 Å². The first-order chi connectivity index (χ1) is 7.74. The van der Waals surface area contributed by atoms with E-state index in [0.29, 0.717) is 5.82 Å². The highest BCUT2D eigenvalue weighted by atomic mass is 16.5. The van der Waals surface area contributed by atoms with Crippen molar-refractivity contribution >= 4 is 11.7 Å². The topological polar surface area (TPSA) is 55.1 Å². The van der Waals surface area contributed by atoms with Crippen molar-refractivity contribution in [3.05, 3.63) is 11.3 Å². The van der Waals surface area contributed by atoms with E-state index in [2.05, 4.69) is 31.2 Å². The molecule has 1 aliphatic carbocycles. The van der Waals surface area contributed by atoms with Crippen LogP contribution in [0.15, 0.2) is 4.52 Å². The van der Waals surface area contributed by atoms with Crippen LogP contribution in [0.3, 0.4) is 0 Å². The Bertz CT molecular complexity index is 450. The first-order valence-electron chi connectivity index (χ1n) is 6.02. The van der Waals surface area contributed by atoms with Gasteiger partial charge < -0.3 is 9.84 Å². The van der Waals surface area contributed by atoms with Crippen molar-refractivity contribution in [1.82, 2.24) is 5.16 Å². The molecule has 1 N–H and O–H groups in total. The highest BCUT2D eigenvalue weighted by Gasteiger charge is 2.45. The lowest BCUT2D eigenvalue weighted by Crippen LogP contribution is -2.22. The van der Waals surface area contributed by atoms with E-state index >= 15 is 0 Å². The van der Waals surface area contributed by atoms with Crippen LogP contribution in [0, 0.1) is 12.3 Å². The molecule has 0 aliphatic heterocycles. The molecule has 1 heterocycles. The number of nitrogens with zero attached hydrogens (tertiary/aromatic N) is 1. The van der Waals surface area contributed by atoms with E-state index < -0.39 is 0 Å². The van der Waals surface area contributed by atoms with Crippen molar-refractivity contribution in [2.45, 2.75) is 52.9 Å². The van der Waals surface area contributed by atoms with E-state index in [1.165, 1.54) is 0 Å². The lowest BCUT2D eigenvalue weighted by atomic mass is 9.91. The number of nitrogens with one attached hydrogen (secondary N) is 1. The van der Waals surface area contributed by atoms with Gasteiger partial charge in [-0.1, -0.05) is 32.9 Å². The fraction of sp³-hybridized carbons (Fsp3) is 0.692. The van der Waals surface area contributed by atoms with Gasteiger partial charge in [-0.05, 0) is 19.8 Å². The standard InChI is InChI=1S/C13H20N2O2/c1-8-9(12(2,3)4)17-15-10(8)14-11(16)13(5)6-7-13/h6-7H2,1-5H3,(H,14,15,16). The Morgan fingerprint density at radius 3 is 2.41 bits per heavy atom. The van der Waals surface area contributed by atoms with Gasteiger partial charge in [-0.15, -0.1) is 0 Å². The minimum absolute atomic E-state index is 0.0503. The summed E-state index contributed by atoms with van der Waals surface area (Å²) in [5.41, 5.74) is 0.645. The van der Waals surface area contributed by atoms with Gasteiger partial charge in [0.1, 0.15) is 5.76 Å². The minimum Gasteiger partial charge on any atom is -0.358 e. The van der Waals surface area contributed by atoms with Crippen LogP contribution >= 0.6 is 0 Å². The third-order valence-electron chi connectivity index (χ3n) is 3.39. The average molecular weight is 236 g/mol. The zero-order chi connectivity index (χ0) is 12.8. The van der Waals surface area contributed by atoms with Gasteiger partial charge in [0.15, 0.2) is 5.82 Å². The molecule has 1 amide bonds. The fourth-order valence-electron chi connectivity index (χ4n) is 1.82. The summed E-state index contributed by atoms with van der Waals surface area (Å²) in [5.74, 6) is 1.44. The Morgan fingerprint density at radius 1 is 1.41 bits per heavy atom. The molecule has 0 saturated heterocycles. The zero-order valence-corrected chi connectivity index (χ0v) is 11.2. The first-order valence-corrected chi connectivity index (χ1v) is 6.02. The van der Waals surface area contributed by atoms with Gasteiger partial charge in [0.25, 0.3) is 0 Å². The molecule has 1 aliphatic rings. The second-order valence-electron chi connectivity index (χ2n) is 6.25. The van der Waals surface area contributed by atoms with Crippen molar-refractivity contribution in [1.29, 1.82) is 0 Å². The Kier molecular flexibility index (Phi) is 2.56. The molecule has 0 aromatic carbocycles. The number of amides is 1. The maximum absolute atomic E-state index is 11.9. The highest BCUT2D eigenvalue weighted by Crippen LogP contribution is 2.46. The molecule has 0 bridgehead atoms. The van der Waals surface area contributed by atoms with Crippen molar-refractivity contribution < 1.29 is 9.32 Å². The van der Waals surface area contributed by atoms with Crippen molar-refractivity contribution in [3.8, 4) is 0 Å². The van der Waals surface area contributed by atoms with Crippen LogP contribution in [0.1, 0.15) is 51.9 Å². The molecule has 0 spiro atoms. The highest BCUT2D eigenvalue weighted by molar-refractivity contribution is 5.96. The van der Waals surface area contributed by atoms with Crippen LogP contribution in [0.4, 0.5) is 5.82 Å². The van der Waals surface area contributed by atoms with Gasteiger partial charge in [-0.25, -0.2) is 0 Å². The number of hydrogen-bond acceptors (Lipinski definition) is 3. The van der Waals surface area contributed by atoms with Gasteiger partial charge >= 0.3 is 0 Å². The number of aromatic nitrogens is 1. The quantitative estimate of drug-likeness (QED) is 0.858. The lowest BCUT2D eigenvalue weighted by Gasteiger charge is -2.14. The summed E-state index contributed by atoms with van der Waals surface area (Å²) in [6, 6.07) is 0. The smallest absolute Gasteiger partial charge is 0.231 e. The van der Waals surface area contributed by atoms with Crippen LogP contribution in [-0.2, 0) is 10.2 Å². The maximum Gasteiger partial charge on any atom is 0.231 e. The van der Waals surface area contributed by atoms with Gasteiger partial charge in [0.05, 0.1) is 0 Å². The molecule has 1 aromatic heterocycles. The fourth-order valence-corrected chi connectivity index (χ4v) is 1.82. The molecule has 0 atom stereocenters. The summed E-state index contributed by atoms with van der Waals surface area (Å²) in [5, 5.41) is 6.82. The Balaban J connectivity index is 2.18. The molecular formula is C13H20N2O2. The van der Waals surface area contributed by atoms with Gasteiger partial charge in [-0.3, -0.25) is 4.79 Å². The van der Waals surface area contributed by atoms with E-state index in [4.69, 9.17) is 4.52 Å². The van der Waals surface area contributed by atoms with Crippen molar-refractivity contribution in [3.63, 3.8) is 0 Å². The molecule has 0 radical (unpaired) electrons. The second kappa shape index (κ2) is 3.59. The molecule has 2 rings (SSSR count). The third-order valence-corrected chi connectivity index (χ3v) is 3.39. The Hall–Kier alpha value is -1.32. The van der Waals surface area contributed by atoms with Crippen molar-refractivity contribution in [2.75, 3.05) is 5.32 Å². The lowest BCUT2D eigenvalue weighted by molar-refractivity contribution is -0.120. The Labute approximate surface area is 102 Å². The average Bonchev–Trinajstić information content (AvgIpc) is 2.84. The number of carbonyl (C=O) groups is 1. The van der Waals surface area contributed by atoms with Crippen LogP contribution in [0.25, 0.3) is 0 Å². The summed E-state index contributed by atoms with van der Waals surface area (Å²) in [6.45, 7) is 10.1. The normalized spacial score (nSPS) is 17.9. The van der Waals surface area contributed by atoms with Gasteiger partial charge in [0, 0.05) is 16.4 Å². The molecule has 1 fully saturated rings. The zero-order valence-electron chi connectivity index (χ0n) is 11.2. The molecule has 4 nitrogen and oxygen atoms in total. The van der Waals surface area contributed by atoms with E-state index in [1.54, 1.807) is 0 Å². The number of hydrogen-bond donors (Lipinski definition) is 1. The summed E-state index contributed by atoms with van der Waals surface area (Å²) in [7, 11) is 0. The number of anilines is 1. The van der Waals surface area contributed by atoms with Gasteiger partial charge in [0.2, 0.25) is 5.91 Å². The molecule has 4 heteroatoms. The van der Waals surface area contributed by atoms with Crippen LogP contribution < -0.4 is 5.32 Å². The summed E-state index contributed by atoms with van der Waals surface area (Å²) < 4.78 is 5.33. The molecule has 0 unspecified atom stereocenters. The van der Waals surface area contributed by atoms with Crippen LogP contribution in [0.5, 0.6) is 0 Å².